The molecule has 0 aliphatic rings. The van der Waals surface area contributed by atoms with Gasteiger partial charge in [-0.3, -0.25) is 4.79 Å². The molecule has 0 bridgehead atoms. The normalized spacial score (nSPS) is 10.8. The number of hydrogen-bond acceptors (Lipinski definition) is 4. The van der Waals surface area contributed by atoms with Crippen LogP contribution in [-0.2, 0) is 9.53 Å². The monoisotopic (exact) mass is 391 g/mol. The molecule has 28 heavy (non-hydrogen) atoms. The summed E-state index contributed by atoms with van der Waals surface area (Å²) in [4.78, 5) is 24.7. The van der Waals surface area contributed by atoms with E-state index in [1.54, 1.807) is 6.08 Å². The Labute approximate surface area is 168 Å². The van der Waals surface area contributed by atoms with Crippen LogP contribution >= 0.6 is 11.3 Å². The van der Waals surface area contributed by atoms with Crippen LogP contribution in [0.3, 0.4) is 0 Å². The number of carbonyl (C=O) groups is 2. The molecule has 1 N–H and O–H groups in total. The van der Waals surface area contributed by atoms with Crippen LogP contribution in [0.1, 0.15) is 27.0 Å². The smallest absolute Gasteiger partial charge is 0.341 e. The van der Waals surface area contributed by atoms with Crippen LogP contribution in [-0.4, -0.2) is 19.0 Å². The van der Waals surface area contributed by atoms with Crippen LogP contribution in [0.15, 0.2) is 60.0 Å². The van der Waals surface area contributed by atoms with Crippen molar-refractivity contribution in [3.63, 3.8) is 0 Å². The average Bonchev–Trinajstić information content (AvgIpc) is 3.11. The number of esters is 1. The lowest BCUT2D eigenvalue weighted by molar-refractivity contribution is -0.111. The van der Waals surface area contributed by atoms with Crippen LogP contribution in [0.25, 0.3) is 17.2 Å². The molecule has 0 unspecified atom stereocenters. The van der Waals surface area contributed by atoms with Gasteiger partial charge < -0.3 is 10.1 Å². The Morgan fingerprint density at radius 1 is 0.964 bits per heavy atom. The van der Waals surface area contributed by atoms with E-state index < -0.39 is 5.97 Å². The molecule has 5 heteroatoms. The molecule has 3 rings (SSSR count). The summed E-state index contributed by atoms with van der Waals surface area (Å²) >= 11 is 1.30. The summed E-state index contributed by atoms with van der Waals surface area (Å²) in [6.07, 6.45) is 3.19. The molecule has 1 aromatic heterocycles. The van der Waals surface area contributed by atoms with Crippen molar-refractivity contribution in [3.8, 4) is 11.1 Å². The quantitative estimate of drug-likeness (QED) is 0.463. The van der Waals surface area contributed by atoms with Gasteiger partial charge in [-0.15, -0.1) is 11.3 Å². The fourth-order valence-corrected chi connectivity index (χ4v) is 3.66. The Hall–Kier alpha value is -3.18. The summed E-state index contributed by atoms with van der Waals surface area (Å²) in [5, 5.41) is 5.13. The Bertz CT molecular complexity index is 1020. The highest BCUT2D eigenvalue weighted by Crippen LogP contribution is 2.36. The van der Waals surface area contributed by atoms with Gasteiger partial charge in [-0.2, -0.15) is 0 Å². The van der Waals surface area contributed by atoms with E-state index in [0.717, 1.165) is 27.8 Å². The predicted molar refractivity (Wildman–Crippen MR) is 115 cm³/mol. The molecule has 142 valence electrons. The number of rotatable bonds is 5. The number of thiophene rings is 1. The molecular weight excluding hydrogens is 370 g/mol. The molecule has 4 nitrogen and oxygen atoms in total. The molecular formula is C23H21NO3S. The van der Waals surface area contributed by atoms with Crippen LogP contribution in [0, 0.1) is 13.8 Å². The average molecular weight is 391 g/mol. The maximum Gasteiger partial charge on any atom is 0.341 e. The first-order valence-electron chi connectivity index (χ1n) is 8.80. The van der Waals surface area contributed by atoms with Crippen LogP contribution in [0.4, 0.5) is 5.00 Å². The Morgan fingerprint density at radius 2 is 1.57 bits per heavy atom. The number of aryl methyl sites for hydroxylation is 2. The van der Waals surface area contributed by atoms with E-state index in [1.165, 1.54) is 24.5 Å². The number of carbonyl (C=O) groups excluding carboxylic acids is 2. The second kappa shape index (κ2) is 8.67. The zero-order valence-electron chi connectivity index (χ0n) is 16.0. The standard InChI is InChI=1S/C23H21NO3S/c1-15-4-8-17(9-5-15)10-13-20(25)24-22-21(23(26)27-3)19(14-28-22)18-11-6-16(2)7-12-18/h4-14H,1-3H3,(H,24,25)/b13-10+. The summed E-state index contributed by atoms with van der Waals surface area (Å²) in [5.74, 6) is -0.780. The van der Waals surface area contributed by atoms with Crippen molar-refractivity contribution in [3.05, 3.63) is 82.2 Å². The second-order valence-electron chi connectivity index (χ2n) is 6.44. The first-order valence-corrected chi connectivity index (χ1v) is 9.68. The van der Waals surface area contributed by atoms with Crippen molar-refractivity contribution in [2.45, 2.75) is 13.8 Å². The number of ether oxygens (including phenoxy) is 1. The molecule has 0 aliphatic carbocycles. The van der Waals surface area contributed by atoms with Crippen molar-refractivity contribution in [2.75, 3.05) is 12.4 Å². The predicted octanol–water partition coefficient (Wildman–Crippen LogP) is 5.47. The van der Waals surface area contributed by atoms with E-state index in [4.69, 9.17) is 4.74 Å². The molecule has 1 heterocycles. The lowest BCUT2D eigenvalue weighted by Gasteiger charge is -2.07. The van der Waals surface area contributed by atoms with E-state index in [-0.39, 0.29) is 5.91 Å². The minimum Gasteiger partial charge on any atom is -0.465 e. The third-order valence-corrected chi connectivity index (χ3v) is 5.18. The van der Waals surface area contributed by atoms with Gasteiger partial charge in [-0.05, 0) is 31.1 Å². The maximum absolute atomic E-state index is 12.4. The highest BCUT2D eigenvalue weighted by molar-refractivity contribution is 7.15. The van der Waals surface area contributed by atoms with E-state index in [9.17, 15) is 9.59 Å². The van der Waals surface area contributed by atoms with Crippen molar-refractivity contribution in [2.24, 2.45) is 0 Å². The highest BCUT2D eigenvalue weighted by atomic mass is 32.1. The number of benzene rings is 2. The van der Waals surface area contributed by atoms with E-state index in [0.29, 0.717) is 10.6 Å². The fourth-order valence-electron chi connectivity index (χ4n) is 2.70. The van der Waals surface area contributed by atoms with Gasteiger partial charge in [0.25, 0.3) is 0 Å². The minimum absolute atomic E-state index is 0.303. The SMILES string of the molecule is COC(=O)c1c(-c2ccc(C)cc2)csc1NC(=O)/C=C/c1ccc(C)cc1. The van der Waals surface area contributed by atoms with Crippen LogP contribution < -0.4 is 5.32 Å². The molecule has 0 saturated heterocycles. The van der Waals surface area contributed by atoms with Crippen LogP contribution in [0.5, 0.6) is 0 Å². The van der Waals surface area contributed by atoms with E-state index >= 15 is 0 Å². The number of nitrogens with one attached hydrogen (secondary N) is 1. The summed E-state index contributed by atoms with van der Waals surface area (Å²) in [6, 6.07) is 15.7. The molecule has 0 radical (unpaired) electrons. The molecule has 0 spiro atoms. The van der Waals surface area contributed by atoms with Crippen LogP contribution in [0.2, 0.25) is 0 Å². The van der Waals surface area contributed by atoms with Crippen molar-refractivity contribution in [1.82, 2.24) is 0 Å². The topological polar surface area (TPSA) is 55.4 Å². The number of hydrogen-bond donors (Lipinski definition) is 1. The third-order valence-electron chi connectivity index (χ3n) is 4.28. The Morgan fingerprint density at radius 3 is 2.18 bits per heavy atom. The maximum atomic E-state index is 12.4. The summed E-state index contributed by atoms with van der Waals surface area (Å²) in [6.45, 7) is 4.02. The molecule has 0 aliphatic heterocycles. The third kappa shape index (κ3) is 4.56. The van der Waals surface area contributed by atoms with Gasteiger partial charge in [0.05, 0.1) is 7.11 Å². The summed E-state index contributed by atoms with van der Waals surface area (Å²) in [5.41, 5.74) is 5.24. The first-order chi connectivity index (χ1) is 13.5. The van der Waals surface area contributed by atoms with Gasteiger partial charge in [0.2, 0.25) is 5.91 Å². The zero-order chi connectivity index (χ0) is 20.1. The highest BCUT2D eigenvalue weighted by Gasteiger charge is 2.21. The summed E-state index contributed by atoms with van der Waals surface area (Å²) < 4.78 is 4.94. The van der Waals surface area contributed by atoms with Gasteiger partial charge in [0.15, 0.2) is 0 Å². The van der Waals surface area contributed by atoms with Crippen molar-refractivity contribution >= 4 is 34.3 Å². The van der Waals surface area contributed by atoms with Crippen molar-refractivity contribution in [1.29, 1.82) is 0 Å². The molecule has 0 saturated carbocycles. The number of methoxy groups -OCH3 is 1. The summed E-state index contributed by atoms with van der Waals surface area (Å²) in [7, 11) is 1.34. The van der Waals surface area contributed by atoms with Gasteiger partial charge >= 0.3 is 5.97 Å². The van der Waals surface area contributed by atoms with E-state index in [2.05, 4.69) is 5.32 Å². The molecule has 3 aromatic rings. The zero-order valence-corrected chi connectivity index (χ0v) is 16.8. The first kappa shape index (κ1) is 19.6. The van der Waals surface area contributed by atoms with Crippen molar-refractivity contribution < 1.29 is 14.3 Å². The van der Waals surface area contributed by atoms with E-state index in [1.807, 2.05) is 67.8 Å². The van der Waals surface area contributed by atoms with Gasteiger partial charge in [-0.25, -0.2) is 4.79 Å². The minimum atomic E-state index is -0.477. The number of amides is 1. The second-order valence-corrected chi connectivity index (χ2v) is 7.32. The lowest BCUT2D eigenvalue weighted by Crippen LogP contribution is -2.11. The molecule has 2 aromatic carbocycles. The molecule has 0 atom stereocenters. The van der Waals surface area contributed by atoms with Gasteiger partial charge in [0, 0.05) is 17.0 Å². The van der Waals surface area contributed by atoms with Gasteiger partial charge in [0.1, 0.15) is 10.6 Å². The molecule has 1 amide bonds. The largest absolute Gasteiger partial charge is 0.465 e. The Kier molecular flexibility index (Phi) is 6.06. The fraction of sp³-hybridized carbons (Fsp3) is 0.130. The van der Waals surface area contributed by atoms with Gasteiger partial charge in [-0.1, -0.05) is 59.7 Å². The lowest BCUT2D eigenvalue weighted by atomic mass is 10.0. The number of anilines is 1. The Balaban J connectivity index is 1.85. The molecule has 0 fully saturated rings.